The number of nitrogens with zero attached hydrogens (tertiary/aromatic N) is 1. The largest absolute Gasteiger partial charge is 0.401 e. The number of β-amino-alcohol motifs (C(OH)–C–C–N with tert-alkyl or cyclic N) is 1. The van der Waals surface area contributed by atoms with E-state index in [1.807, 2.05) is 45.0 Å². The lowest BCUT2D eigenvalue weighted by molar-refractivity contribution is -0.144. The van der Waals surface area contributed by atoms with E-state index in [0.29, 0.717) is 30.0 Å². The van der Waals surface area contributed by atoms with Crippen molar-refractivity contribution in [2.75, 3.05) is 13.1 Å². The summed E-state index contributed by atoms with van der Waals surface area (Å²) in [5.41, 5.74) is 13.1. The van der Waals surface area contributed by atoms with Crippen LogP contribution < -0.4 is 22.1 Å². The predicted molar refractivity (Wildman–Crippen MR) is 149 cm³/mol. The van der Waals surface area contributed by atoms with Crippen LogP contribution in [0.5, 0.6) is 0 Å². The van der Waals surface area contributed by atoms with Crippen LogP contribution in [-0.4, -0.2) is 59.0 Å². The maximum absolute atomic E-state index is 13.6. The average Bonchev–Trinajstić information content (AvgIpc) is 3.24. The number of benzene rings is 1. The standard InChI is InChI=1S/C27H43N5O4S/c1-17(29)23(37)19-11-9-18(10-12-19)15-30-25(35)21-14-20(33)16-32(21)26(36)24(27(2,3)4)31-22(34)8-6-5-7-13-28/h9-12,20-21,24,33,37H,5-8,13-16,28-29H2,1-4H3,(H,30,35)(H,31,34)/b23-17-/t20-,21+,24-/m1/s1. The second-order valence-electron chi connectivity index (χ2n) is 10.8. The molecule has 1 fully saturated rings. The molecular weight excluding hydrogens is 490 g/mol. The molecule has 7 N–H and O–H groups in total. The van der Waals surface area contributed by atoms with Crippen molar-refractivity contribution in [3.8, 4) is 0 Å². The highest BCUT2D eigenvalue weighted by atomic mass is 32.1. The van der Waals surface area contributed by atoms with Gasteiger partial charge in [-0.05, 0) is 42.9 Å². The Morgan fingerprint density at radius 1 is 1.16 bits per heavy atom. The summed E-state index contributed by atoms with van der Waals surface area (Å²) in [7, 11) is 0. The van der Waals surface area contributed by atoms with Gasteiger partial charge in [-0.15, -0.1) is 12.6 Å². The maximum atomic E-state index is 13.6. The molecule has 0 aromatic heterocycles. The lowest BCUT2D eigenvalue weighted by Crippen LogP contribution is -2.57. The highest BCUT2D eigenvalue weighted by molar-refractivity contribution is 7.90. The monoisotopic (exact) mass is 533 g/mol. The molecular formula is C27H43N5O4S. The highest BCUT2D eigenvalue weighted by Crippen LogP contribution is 2.26. The van der Waals surface area contributed by atoms with Gasteiger partial charge in [0, 0.05) is 36.5 Å². The topological polar surface area (TPSA) is 151 Å². The summed E-state index contributed by atoms with van der Waals surface area (Å²) in [5.74, 6) is -0.921. The number of carbonyl (C=O) groups is 3. The molecule has 37 heavy (non-hydrogen) atoms. The Balaban J connectivity index is 2.06. The fourth-order valence-corrected chi connectivity index (χ4v) is 4.42. The maximum Gasteiger partial charge on any atom is 0.246 e. The zero-order chi connectivity index (χ0) is 27.8. The van der Waals surface area contributed by atoms with Crippen LogP contribution in [0.15, 0.2) is 30.0 Å². The third kappa shape index (κ3) is 9.05. The molecule has 1 aliphatic rings. The Labute approximate surface area is 225 Å². The first kappa shape index (κ1) is 30.7. The van der Waals surface area contributed by atoms with Gasteiger partial charge in [0.1, 0.15) is 12.1 Å². The number of carbonyl (C=O) groups excluding carboxylic acids is 3. The lowest BCUT2D eigenvalue weighted by atomic mass is 9.85. The van der Waals surface area contributed by atoms with E-state index in [0.717, 1.165) is 24.0 Å². The number of aliphatic hydroxyl groups excluding tert-OH is 1. The summed E-state index contributed by atoms with van der Waals surface area (Å²) in [6, 6.07) is 5.86. The number of hydrogen-bond acceptors (Lipinski definition) is 7. The van der Waals surface area contributed by atoms with Gasteiger partial charge < -0.3 is 32.1 Å². The molecule has 0 saturated carbocycles. The van der Waals surface area contributed by atoms with Crippen molar-refractivity contribution in [3.05, 3.63) is 41.1 Å². The molecule has 3 atom stereocenters. The summed E-state index contributed by atoms with van der Waals surface area (Å²) in [6.45, 7) is 8.27. The molecule has 1 aromatic rings. The second-order valence-corrected chi connectivity index (χ2v) is 11.3. The minimum absolute atomic E-state index is 0.0417. The Morgan fingerprint density at radius 2 is 1.81 bits per heavy atom. The van der Waals surface area contributed by atoms with Crippen LogP contribution >= 0.6 is 12.6 Å². The first-order chi connectivity index (χ1) is 17.3. The molecule has 9 nitrogen and oxygen atoms in total. The SMILES string of the molecule is C/C(N)=C(/S)c1ccc(CNC(=O)[C@@H]2C[C@@H](O)CN2C(=O)[C@@H](NC(=O)CCCCCN)C(C)(C)C)cc1. The van der Waals surface area contributed by atoms with Gasteiger partial charge in [0.05, 0.1) is 6.10 Å². The molecule has 206 valence electrons. The molecule has 0 bridgehead atoms. The number of thiol groups is 1. The zero-order valence-electron chi connectivity index (χ0n) is 22.4. The molecule has 0 unspecified atom stereocenters. The number of nitrogens with two attached hydrogens (primary N) is 2. The van der Waals surface area contributed by atoms with Gasteiger partial charge >= 0.3 is 0 Å². The lowest BCUT2D eigenvalue weighted by Gasteiger charge is -2.35. The fourth-order valence-electron chi connectivity index (χ4n) is 4.28. The van der Waals surface area contributed by atoms with Gasteiger partial charge in [0.2, 0.25) is 17.7 Å². The second kappa shape index (κ2) is 13.8. The normalized spacial score (nSPS) is 19.3. The van der Waals surface area contributed by atoms with Gasteiger partial charge in [-0.1, -0.05) is 51.5 Å². The number of rotatable bonds is 11. The molecule has 1 saturated heterocycles. The summed E-state index contributed by atoms with van der Waals surface area (Å²) in [5, 5.41) is 16.1. The van der Waals surface area contributed by atoms with Crippen molar-refractivity contribution in [3.63, 3.8) is 0 Å². The molecule has 0 aliphatic carbocycles. The first-order valence-electron chi connectivity index (χ1n) is 12.9. The van der Waals surface area contributed by atoms with E-state index < -0.39 is 23.6 Å². The van der Waals surface area contributed by atoms with E-state index in [1.54, 1.807) is 6.92 Å². The number of allylic oxidation sites excluding steroid dienone is 1. The number of aliphatic hydroxyl groups is 1. The van der Waals surface area contributed by atoms with Gasteiger partial charge in [-0.3, -0.25) is 14.4 Å². The van der Waals surface area contributed by atoms with Crippen molar-refractivity contribution in [2.45, 2.75) is 84.5 Å². The van der Waals surface area contributed by atoms with Crippen LogP contribution in [0.4, 0.5) is 0 Å². The Bertz CT molecular complexity index is 970. The van der Waals surface area contributed by atoms with Crippen LogP contribution in [0.3, 0.4) is 0 Å². The van der Waals surface area contributed by atoms with E-state index in [1.165, 1.54) is 4.90 Å². The molecule has 0 spiro atoms. The summed E-state index contributed by atoms with van der Waals surface area (Å²) in [6.07, 6.45) is 2.03. The Kier molecular flexibility index (Phi) is 11.5. The number of unbranched alkanes of at least 4 members (excludes halogenated alkanes) is 2. The molecule has 0 radical (unpaired) electrons. The predicted octanol–water partition coefficient (Wildman–Crippen LogP) is 1.89. The molecule has 1 aromatic carbocycles. The van der Waals surface area contributed by atoms with E-state index in [9.17, 15) is 19.5 Å². The smallest absolute Gasteiger partial charge is 0.246 e. The minimum Gasteiger partial charge on any atom is -0.401 e. The fraction of sp³-hybridized carbons (Fsp3) is 0.593. The van der Waals surface area contributed by atoms with Crippen molar-refractivity contribution < 1.29 is 19.5 Å². The van der Waals surface area contributed by atoms with Crippen molar-refractivity contribution in [2.24, 2.45) is 16.9 Å². The highest BCUT2D eigenvalue weighted by Gasteiger charge is 2.44. The van der Waals surface area contributed by atoms with Crippen LogP contribution in [0.25, 0.3) is 4.91 Å². The van der Waals surface area contributed by atoms with E-state index in [4.69, 9.17) is 11.5 Å². The number of hydrogen-bond donors (Lipinski definition) is 6. The summed E-state index contributed by atoms with van der Waals surface area (Å²) in [4.78, 5) is 41.3. The van der Waals surface area contributed by atoms with Gasteiger partial charge in [-0.25, -0.2) is 0 Å². The zero-order valence-corrected chi connectivity index (χ0v) is 23.3. The molecule has 3 amide bonds. The molecule has 1 aliphatic heterocycles. The molecule has 10 heteroatoms. The van der Waals surface area contributed by atoms with Gasteiger partial charge in [-0.2, -0.15) is 0 Å². The molecule has 1 heterocycles. The Morgan fingerprint density at radius 3 is 2.38 bits per heavy atom. The number of nitrogens with one attached hydrogen (secondary N) is 2. The quantitative estimate of drug-likeness (QED) is 0.189. The number of amides is 3. The number of likely N-dealkylation sites (tertiary alicyclic amines) is 1. The average molecular weight is 534 g/mol. The summed E-state index contributed by atoms with van der Waals surface area (Å²) >= 11 is 4.41. The van der Waals surface area contributed by atoms with E-state index in [2.05, 4.69) is 23.3 Å². The third-order valence-corrected chi connectivity index (χ3v) is 7.07. The first-order valence-corrected chi connectivity index (χ1v) is 13.3. The van der Waals surface area contributed by atoms with Gasteiger partial charge in [0.15, 0.2) is 0 Å². The molecule has 2 rings (SSSR count). The van der Waals surface area contributed by atoms with Gasteiger partial charge in [0.25, 0.3) is 0 Å². The van der Waals surface area contributed by atoms with Crippen LogP contribution in [-0.2, 0) is 20.9 Å². The van der Waals surface area contributed by atoms with Crippen molar-refractivity contribution >= 4 is 35.3 Å². The van der Waals surface area contributed by atoms with Crippen molar-refractivity contribution in [1.82, 2.24) is 15.5 Å². The van der Waals surface area contributed by atoms with E-state index >= 15 is 0 Å². The van der Waals surface area contributed by atoms with Crippen LogP contribution in [0.1, 0.15) is 70.9 Å². The van der Waals surface area contributed by atoms with Crippen molar-refractivity contribution in [1.29, 1.82) is 0 Å². The van der Waals surface area contributed by atoms with Crippen LogP contribution in [0.2, 0.25) is 0 Å². The third-order valence-electron chi connectivity index (χ3n) is 6.46. The van der Waals surface area contributed by atoms with E-state index in [-0.39, 0.29) is 37.2 Å². The Hall–Kier alpha value is -2.56. The minimum atomic E-state index is -0.822. The summed E-state index contributed by atoms with van der Waals surface area (Å²) < 4.78 is 0. The van der Waals surface area contributed by atoms with Crippen LogP contribution in [0, 0.1) is 5.41 Å².